The van der Waals surface area contributed by atoms with E-state index in [2.05, 4.69) is 5.32 Å². The predicted octanol–water partition coefficient (Wildman–Crippen LogP) is 5.80. The highest BCUT2D eigenvalue weighted by Gasteiger charge is 2.19. The van der Waals surface area contributed by atoms with Crippen LogP contribution in [0.15, 0.2) is 30.3 Å². The van der Waals surface area contributed by atoms with E-state index in [9.17, 15) is 4.79 Å². The van der Waals surface area contributed by atoms with E-state index in [1.807, 2.05) is 71.9 Å². The van der Waals surface area contributed by atoms with Crippen LogP contribution in [0.1, 0.15) is 59.6 Å². The molecule has 0 aromatic heterocycles. The molecule has 0 atom stereocenters. The lowest BCUT2D eigenvalue weighted by Crippen LogP contribution is -2.15. The first-order valence-corrected chi connectivity index (χ1v) is 11.4. The van der Waals surface area contributed by atoms with Gasteiger partial charge in [0.15, 0.2) is 23.0 Å². The molecule has 6 nitrogen and oxygen atoms in total. The van der Waals surface area contributed by atoms with Gasteiger partial charge in [-0.15, -0.1) is 0 Å². The van der Waals surface area contributed by atoms with Crippen LogP contribution < -0.4 is 24.3 Å². The number of carbonyl (C=O) groups excluding carboxylic acids is 1. The fourth-order valence-corrected chi connectivity index (χ4v) is 3.39. The van der Waals surface area contributed by atoms with Crippen LogP contribution in [0.4, 0.5) is 5.69 Å². The average molecular weight is 444 g/mol. The zero-order valence-electron chi connectivity index (χ0n) is 20.4. The van der Waals surface area contributed by atoms with Crippen LogP contribution in [0.5, 0.6) is 23.0 Å². The van der Waals surface area contributed by atoms with Gasteiger partial charge in [0.25, 0.3) is 0 Å². The first-order valence-electron chi connectivity index (χ1n) is 11.4. The van der Waals surface area contributed by atoms with E-state index in [0.29, 0.717) is 31.1 Å². The Labute approximate surface area is 192 Å². The van der Waals surface area contributed by atoms with E-state index in [1.165, 1.54) is 6.92 Å². The number of carbonyl (C=O) groups is 1. The Hall–Kier alpha value is -2.89. The lowest BCUT2D eigenvalue weighted by Gasteiger charge is -2.22. The largest absolute Gasteiger partial charge is 0.490 e. The summed E-state index contributed by atoms with van der Waals surface area (Å²) in [6.45, 7) is 14.5. The number of ether oxygens (including phenoxy) is 4. The van der Waals surface area contributed by atoms with Crippen molar-refractivity contribution in [1.29, 1.82) is 0 Å². The third-order valence-corrected chi connectivity index (χ3v) is 4.52. The Morgan fingerprint density at radius 3 is 2.06 bits per heavy atom. The minimum atomic E-state index is -0.126. The van der Waals surface area contributed by atoms with Crippen molar-refractivity contribution >= 4 is 11.6 Å². The maximum absolute atomic E-state index is 11.8. The number of hydrogen-bond acceptors (Lipinski definition) is 5. The van der Waals surface area contributed by atoms with Crippen LogP contribution in [-0.2, 0) is 17.6 Å². The topological polar surface area (TPSA) is 66.0 Å². The van der Waals surface area contributed by atoms with Crippen molar-refractivity contribution in [3.8, 4) is 23.0 Å². The molecule has 0 spiro atoms. The van der Waals surface area contributed by atoms with Gasteiger partial charge < -0.3 is 24.3 Å². The SMILES string of the molecule is CCOc1ccc(CCc2c(NC(C)=O)ccc(OC(C)C)c2OC(C)C)cc1OCC. The molecule has 6 heteroatoms. The van der Waals surface area contributed by atoms with Gasteiger partial charge in [0, 0.05) is 18.2 Å². The van der Waals surface area contributed by atoms with Crippen LogP contribution in [0.3, 0.4) is 0 Å². The fourth-order valence-electron chi connectivity index (χ4n) is 3.39. The maximum atomic E-state index is 11.8. The quantitative estimate of drug-likeness (QED) is 0.449. The summed E-state index contributed by atoms with van der Waals surface area (Å²) < 4.78 is 23.6. The van der Waals surface area contributed by atoms with Crippen LogP contribution in [-0.4, -0.2) is 31.3 Å². The van der Waals surface area contributed by atoms with Crippen molar-refractivity contribution in [3.63, 3.8) is 0 Å². The number of aryl methyl sites for hydroxylation is 1. The molecule has 0 aliphatic heterocycles. The summed E-state index contributed by atoms with van der Waals surface area (Å²) in [7, 11) is 0. The number of amides is 1. The highest BCUT2D eigenvalue weighted by atomic mass is 16.5. The van der Waals surface area contributed by atoms with Crippen molar-refractivity contribution in [3.05, 3.63) is 41.5 Å². The van der Waals surface area contributed by atoms with Gasteiger partial charge in [-0.25, -0.2) is 0 Å². The van der Waals surface area contributed by atoms with E-state index in [0.717, 1.165) is 34.7 Å². The standard InChI is InChI=1S/C26H37NO5/c1-8-29-23-14-11-20(16-25(23)30-9-2)10-12-21-22(27-19(7)28)13-15-24(31-17(3)4)26(21)32-18(5)6/h11,13-18H,8-10,12H2,1-7H3,(H,27,28). The molecule has 0 saturated heterocycles. The van der Waals surface area contributed by atoms with Gasteiger partial charge in [-0.3, -0.25) is 4.79 Å². The van der Waals surface area contributed by atoms with Crippen LogP contribution in [0, 0.1) is 0 Å². The molecular formula is C26H37NO5. The summed E-state index contributed by atoms with van der Waals surface area (Å²) in [5.41, 5.74) is 2.76. The van der Waals surface area contributed by atoms with Crippen LogP contribution >= 0.6 is 0 Å². The summed E-state index contributed by atoms with van der Waals surface area (Å²) in [5.74, 6) is 2.71. The molecular weight excluding hydrogens is 406 g/mol. The monoisotopic (exact) mass is 443 g/mol. The first-order chi connectivity index (χ1) is 15.2. The maximum Gasteiger partial charge on any atom is 0.221 e. The first kappa shape index (κ1) is 25.4. The Kier molecular flexibility index (Phi) is 9.69. The van der Waals surface area contributed by atoms with Crippen molar-refractivity contribution in [2.24, 2.45) is 0 Å². The van der Waals surface area contributed by atoms with Crippen molar-refractivity contribution in [2.75, 3.05) is 18.5 Å². The highest BCUT2D eigenvalue weighted by Crippen LogP contribution is 2.39. The molecule has 0 unspecified atom stereocenters. The number of rotatable bonds is 12. The molecule has 32 heavy (non-hydrogen) atoms. The van der Waals surface area contributed by atoms with Crippen molar-refractivity contribution < 1.29 is 23.7 Å². The molecule has 2 aromatic carbocycles. The number of hydrogen-bond donors (Lipinski definition) is 1. The van der Waals surface area contributed by atoms with Gasteiger partial charge >= 0.3 is 0 Å². The molecule has 0 aliphatic carbocycles. The van der Waals surface area contributed by atoms with Crippen LogP contribution in [0.25, 0.3) is 0 Å². The van der Waals surface area contributed by atoms with Gasteiger partial charge in [0.1, 0.15) is 0 Å². The Bertz CT molecular complexity index is 892. The van der Waals surface area contributed by atoms with E-state index >= 15 is 0 Å². The molecule has 2 aromatic rings. The zero-order valence-corrected chi connectivity index (χ0v) is 20.4. The fraction of sp³-hybridized carbons (Fsp3) is 0.500. The van der Waals surface area contributed by atoms with E-state index in [-0.39, 0.29) is 18.1 Å². The second-order valence-corrected chi connectivity index (χ2v) is 8.08. The van der Waals surface area contributed by atoms with Crippen LogP contribution in [0.2, 0.25) is 0 Å². The molecule has 0 saturated carbocycles. The third-order valence-electron chi connectivity index (χ3n) is 4.52. The lowest BCUT2D eigenvalue weighted by molar-refractivity contribution is -0.114. The van der Waals surface area contributed by atoms with Gasteiger partial charge in [-0.1, -0.05) is 6.07 Å². The molecule has 0 bridgehead atoms. The summed E-state index contributed by atoms with van der Waals surface area (Å²) in [6, 6.07) is 9.75. The smallest absolute Gasteiger partial charge is 0.221 e. The number of benzene rings is 2. The Balaban J connectivity index is 2.43. The molecule has 1 N–H and O–H groups in total. The third kappa shape index (κ3) is 7.36. The molecule has 0 heterocycles. The van der Waals surface area contributed by atoms with E-state index < -0.39 is 0 Å². The summed E-state index contributed by atoms with van der Waals surface area (Å²) in [5, 5.41) is 2.94. The Morgan fingerprint density at radius 1 is 0.844 bits per heavy atom. The minimum absolute atomic E-state index is 0.00355. The van der Waals surface area contributed by atoms with Gasteiger partial charge in [0.05, 0.1) is 25.4 Å². The van der Waals surface area contributed by atoms with E-state index in [4.69, 9.17) is 18.9 Å². The number of anilines is 1. The summed E-state index contributed by atoms with van der Waals surface area (Å²) in [4.78, 5) is 11.8. The molecule has 1 amide bonds. The average Bonchev–Trinajstić information content (AvgIpc) is 2.70. The van der Waals surface area contributed by atoms with E-state index in [1.54, 1.807) is 0 Å². The second kappa shape index (κ2) is 12.2. The molecule has 0 radical (unpaired) electrons. The molecule has 0 fully saturated rings. The normalized spacial score (nSPS) is 10.9. The summed E-state index contributed by atoms with van der Waals surface area (Å²) >= 11 is 0. The lowest BCUT2D eigenvalue weighted by atomic mass is 10.0. The second-order valence-electron chi connectivity index (χ2n) is 8.08. The summed E-state index contributed by atoms with van der Waals surface area (Å²) in [6.07, 6.45) is 1.36. The zero-order chi connectivity index (χ0) is 23.7. The molecule has 0 aliphatic rings. The predicted molar refractivity (Wildman–Crippen MR) is 128 cm³/mol. The van der Waals surface area contributed by atoms with Gasteiger partial charge in [0.2, 0.25) is 5.91 Å². The molecule has 2 rings (SSSR count). The molecule has 176 valence electrons. The van der Waals surface area contributed by atoms with Crippen molar-refractivity contribution in [1.82, 2.24) is 0 Å². The minimum Gasteiger partial charge on any atom is -0.490 e. The van der Waals surface area contributed by atoms with Crippen molar-refractivity contribution in [2.45, 2.75) is 73.5 Å². The Morgan fingerprint density at radius 2 is 1.47 bits per heavy atom. The highest BCUT2D eigenvalue weighted by molar-refractivity contribution is 5.90. The number of nitrogens with one attached hydrogen (secondary N) is 1. The van der Waals surface area contributed by atoms with Gasteiger partial charge in [-0.2, -0.15) is 0 Å². The van der Waals surface area contributed by atoms with Gasteiger partial charge in [-0.05, 0) is 84.2 Å².